The SMILES string of the molecule is Fc1ccc2nc(-c3ccccc3F)[nH]c2c1. The van der Waals surface area contributed by atoms with E-state index in [0.29, 0.717) is 22.4 Å². The summed E-state index contributed by atoms with van der Waals surface area (Å²) in [7, 11) is 0. The number of fused-ring (bicyclic) bond motifs is 1. The van der Waals surface area contributed by atoms with Crippen LogP contribution in [-0.4, -0.2) is 9.97 Å². The van der Waals surface area contributed by atoms with Gasteiger partial charge in [0.2, 0.25) is 0 Å². The number of benzene rings is 2. The highest BCUT2D eigenvalue weighted by atomic mass is 19.1. The number of H-pyrrole nitrogens is 1. The van der Waals surface area contributed by atoms with Gasteiger partial charge in [0, 0.05) is 0 Å². The van der Waals surface area contributed by atoms with Crippen LogP contribution in [0.1, 0.15) is 0 Å². The molecular formula is C13H8F2N2. The molecule has 0 amide bonds. The molecule has 0 spiro atoms. The Hall–Kier alpha value is -2.23. The van der Waals surface area contributed by atoms with Gasteiger partial charge in [-0.05, 0) is 30.3 Å². The van der Waals surface area contributed by atoms with Gasteiger partial charge < -0.3 is 4.98 Å². The quantitative estimate of drug-likeness (QED) is 0.680. The van der Waals surface area contributed by atoms with Gasteiger partial charge in [0.1, 0.15) is 17.5 Å². The Bertz CT molecular complexity index is 689. The molecule has 2 aromatic carbocycles. The van der Waals surface area contributed by atoms with Gasteiger partial charge in [0.15, 0.2) is 0 Å². The van der Waals surface area contributed by atoms with Gasteiger partial charge in [-0.15, -0.1) is 0 Å². The molecule has 0 fully saturated rings. The number of aromatic amines is 1. The van der Waals surface area contributed by atoms with E-state index in [2.05, 4.69) is 9.97 Å². The lowest BCUT2D eigenvalue weighted by molar-refractivity contribution is 0.629. The average Bonchev–Trinajstić information content (AvgIpc) is 2.72. The number of aromatic nitrogens is 2. The molecule has 3 rings (SSSR count). The fourth-order valence-electron chi connectivity index (χ4n) is 1.76. The molecule has 17 heavy (non-hydrogen) atoms. The molecule has 0 unspecified atom stereocenters. The number of nitrogens with one attached hydrogen (secondary N) is 1. The van der Waals surface area contributed by atoms with E-state index in [1.54, 1.807) is 24.3 Å². The zero-order valence-corrected chi connectivity index (χ0v) is 8.74. The second-order valence-corrected chi connectivity index (χ2v) is 3.73. The van der Waals surface area contributed by atoms with E-state index in [1.807, 2.05) is 0 Å². The van der Waals surface area contributed by atoms with Crippen LogP contribution in [0.5, 0.6) is 0 Å². The van der Waals surface area contributed by atoms with Crippen LogP contribution in [0.3, 0.4) is 0 Å². The predicted octanol–water partition coefficient (Wildman–Crippen LogP) is 3.51. The predicted molar refractivity (Wildman–Crippen MR) is 61.4 cm³/mol. The van der Waals surface area contributed by atoms with Gasteiger partial charge in [-0.25, -0.2) is 13.8 Å². The maximum Gasteiger partial charge on any atom is 0.141 e. The van der Waals surface area contributed by atoms with Crippen LogP contribution in [0.4, 0.5) is 8.78 Å². The standard InChI is InChI=1S/C13H8F2N2/c14-8-5-6-11-12(7-8)17-13(16-11)9-3-1-2-4-10(9)15/h1-7H,(H,16,17). The summed E-state index contributed by atoms with van der Waals surface area (Å²) in [5.41, 5.74) is 1.55. The maximum atomic E-state index is 13.5. The monoisotopic (exact) mass is 230 g/mol. The Kier molecular flexibility index (Phi) is 2.14. The number of hydrogen-bond donors (Lipinski definition) is 1. The van der Waals surface area contributed by atoms with Crippen LogP contribution in [-0.2, 0) is 0 Å². The van der Waals surface area contributed by atoms with Crippen LogP contribution in [0.15, 0.2) is 42.5 Å². The first kappa shape index (κ1) is 9.96. The topological polar surface area (TPSA) is 28.7 Å². The van der Waals surface area contributed by atoms with Gasteiger partial charge in [0.25, 0.3) is 0 Å². The molecule has 0 atom stereocenters. The van der Waals surface area contributed by atoms with Crippen LogP contribution in [0, 0.1) is 11.6 Å². The van der Waals surface area contributed by atoms with E-state index in [1.165, 1.54) is 18.2 Å². The molecule has 3 aromatic rings. The summed E-state index contributed by atoms with van der Waals surface area (Å²) < 4.78 is 26.6. The van der Waals surface area contributed by atoms with Crippen molar-refractivity contribution in [2.75, 3.05) is 0 Å². The molecule has 0 bridgehead atoms. The highest BCUT2D eigenvalue weighted by Crippen LogP contribution is 2.23. The van der Waals surface area contributed by atoms with Gasteiger partial charge >= 0.3 is 0 Å². The van der Waals surface area contributed by atoms with E-state index < -0.39 is 0 Å². The molecule has 1 heterocycles. The van der Waals surface area contributed by atoms with Gasteiger partial charge in [-0.1, -0.05) is 12.1 Å². The second kappa shape index (κ2) is 3.66. The van der Waals surface area contributed by atoms with Crippen LogP contribution in [0.2, 0.25) is 0 Å². The summed E-state index contributed by atoms with van der Waals surface area (Å²) in [5, 5.41) is 0. The Morgan fingerprint density at radius 3 is 2.65 bits per heavy atom. The van der Waals surface area contributed by atoms with Crippen molar-refractivity contribution >= 4 is 11.0 Å². The number of hydrogen-bond acceptors (Lipinski definition) is 1. The summed E-state index contributed by atoms with van der Waals surface area (Å²) in [4.78, 5) is 7.13. The Morgan fingerprint density at radius 2 is 1.82 bits per heavy atom. The van der Waals surface area contributed by atoms with Crippen molar-refractivity contribution in [2.45, 2.75) is 0 Å². The van der Waals surface area contributed by atoms with Gasteiger partial charge in [-0.3, -0.25) is 0 Å². The smallest absolute Gasteiger partial charge is 0.141 e. The molecule has 1 N–H and O–H groups in total. The van der Waals surface area contributed by atoms with E-state index in [-0.39, 0.29) is 11.6 Å². The minimum Gasteiger partial charge on any atom is -0.338 e. The molecule has 1 aromatic heterocycles. The van der Waals surface area contributed by atoms with Crippen molar-refractivity contribution in [1.29, 1.82) is 0 Å². The van der Waals surface area contributed by atoms with E-state index >= 15 is 0 Å². The highest BCUT2D eigenvalue weighted by molar-refractivity contribution is 5.79. The van der Waals surface area contributed by atoms with E-state index in [0.717, 1.165) is 0 Å². The lowest BCUT2D eigenvalue weighted by atomic mass is 10.2. The van der Waals surface area contributed by atoms with Crippen molar-refractivity contribution in [3.63, 3.8) is 0 Å². The molecule has 0 radical (unpaired) electrons. The molecule has 0 aliphatic heterocycles. The minimum absolute atomic E-state index is 0.346. The lowest BCUT2D eigenvalue weighted by Gasteiger charge is -1.96. The molecular weight excluding hydrogens is 222 g/mol. The molecule has 0 aliphatic carbocycles. The lowest BCUT2D eigenvalue weighted by Crippen LogP contribution is -1.84. The van der Waals surface area contributed by atoms with E-state index in [9.17, 15) is 8.78 Å². The minimum atomic E-state index is -0.355. The summed E-state index contributed by atoms with van der Waals surface area (Å²) >= 11 is 0. The van der Waals surface area contributed by atoms with Gasteiger partial charge in [-0.2, -0.15) is 0 Å². The normalized spacial score (nSPS) is 10.9. The first-order valence-electron chi connectivity index (χ1n) is 5.14. The molecule has 0 aliphatic rings. The fraction of sp³-hybridized carbons (Fsp3) is 0. The Morgan fingerprint density at radius 1 is 1.00 bits per heavy atom. The Balaban J connectivity index is 2.22. The third-order valence-electron chi connectivity index (χ3n) is 2.57. The molecule has 4 heteroatoms. The van der Waals surface area contributed by atoms with Crippen molar-refractivity contribution in [2.24, 2.45) is 0 Å². The third-order valence-corrected chi connectivity index (χ3v) is 2.57. The van der Waals surface area contributed by atoms with Crippen molar-refractivity contribution < 1.29 is 8.78 Å². The first-order chi connectivity index (χ1) is 8.24. The number of nitrogens with zero attached hydrogens (tertiary/aromatic N) is 1. The Labute approximate surface area is 95.9 Å². The average molecular weight is 230 g/mol. The van der Waals surface area contributed by atoms with E-state index in [4.69, 9.17) is 0 Å². The van der Waals surface area contributed by atoms with Crippen molar-refractivity contribution in [1.82, 2.24) is 9.97 Å². The molecule has 2 nitrogen and oxygen atoms in total. The number of rotatable bonds is 1. The second-order valence-electron chi connectivity index (χ2n) is 3.73. The maximum absolute atomic E-state index is 13.5. The molecule has 84 valence electrons. The highest BCUT2D eigenvalue weighted by Gasteiger charge is 2.09. The summed E-state index contributed by atoms with van der Waals surface area (Å²) in [5.74, 6) is -0.294. The van der Waals surface area contributed by atoms with Crippen molar-refractivity contribution in [3.8, 4) is 11.4 Å². The fourth-order valence-corrected chi connectivity index (χ4v) is 1.76. The van der Waals surface area contributed by atoms with Crippen LogP contribution < -0.4 is 0 Å². The van der Waals surface area contributed by atoms with Crippen LogP contribution in [0.25, 0.3) is 22.4 Å². The van der Waals surface area contributed by atoms with Crippen LogP contribution >= 0.6 is 0 Å². The van der Waals surface area contributed by atoms with Gasteiger partial charge in [0.05, 0.1) is 16.6 Å². The number of halogens is 2. The zero-order chi connectivity index (χ0) is 11.8. The first-order valence-corrected chi connectivity index (χ1v) is 5.14. The third kappa shape index (κ3) is 1.67. The molecule has 0 saturated heterocycles. The number of imidazole rings is 1. The van der Waals surface area contributed by atoms with Crippen molar-refractivity contribution in [3.05, 3.63) is 54.1 Å². The zero-order valence-electron chi connectivity index (χ0n) is 8.74. The summed E-state index contributed by atoms with van der Waals surface area (Å²) in [6.45, 7) is 0. The summed E-state index contributed by atoms with van der Waals surface area (Å²) in [6, 6.07) is 10.6. The largest absolute Gasteiger partial charge is 0.338 e. The summed E-state index contributed by atoms with van der Waals surface area (Å²) in [6.07, 6.45) is 0. The molecule has 0 saturated carbocycles.